The first-order valence-corrected chi connectivity index (χ1v) is 7.26. The van der Waals surface area contributed by atoms with Gasteiger partial charge in [-0.05, 0) is 5.56 Å². The highest BCUT2D eigenvalue weighted by atomic mass is 32.1. The van der Waals surface area contributed by atoms with Crippen molar-refractivity contribution in [3.05, 3.63) is 40.8 Å². The highest BCUT2D eigenvalue weighted by Crippen LogP contribution is 2.43. The molecule has 106 valence electrons. The van der Waals surface area contributed by atoms with E-state index in [4.69, 9.17) is 10.5 Å². The number of carbonyl (C=O) groups excluding carboxylic acids is 1. The Morgan fingerprint density at radius 1 is 1.35 bits per heavy atom. The van der Waals surface area contributed by atoms with Crippen LogP contribution in [0.25, 0.3) is 0 Å². The molecule has 0 radical (unpaired) electrons. The first kappa shape index (κ1) is 14.4. The minimum Gasteiger partial charge on any atom is -0.492 e. The molecule has 0 bridgehead atoms. The van der Waals surface area contributed by atoms with Crippen molar-refractivity contribution in [2.45, 2.75) is 19.9 Å². The quantitative estimate of drug-likeness (QED) is 0.799. The molecule has 0 saturated heterocycles. The first-order valence-electron chi connectivity index (χ1n) is 6.44. The lowest BCUT2D eigenvalue weighted by molar-refractivity contribution is 0.0992. The lowest BCUT2D eigenvalue weighted by Gasteiger charge is -2.06. The van der Waals surface area contributed by atoms with E-state index in [-0.39, 0.29) is 5.78 Å². The van der Waals surface area contributed by atoms with Gasteiger partial charge in [0.1, 0.15) is 5.00 Å². The van der Waals surface area contributed by atoms with Gasteiger partial charge in [-0.3, -0.25) is 4.79 Å². The molecular weight excluding hydrogens is 272 g/mol. The Morgan fingerprint density at radius 2 is 2.05 bits per heavy atom. The van der Waals surface area contributed by atoms with Crippen LogP contribution in [0.4, 0.5) is 10.7 Å². The van der Waals surface area contributed by atoms with Crippen molar-refractivity contribution in [1.82, 2.24) is 0 Å². The van der Waals surface area contributed by atoms with Gasteiger partial charge in [0.2, 0.25) is 0 Å². The molecule has 0 aliphatic carbocycles. The third kappa shape index (κ3) is 2.93. The van der Waals surface area contributed by atoms with Crippen molar-refractivity contribution in [2.75, 3.05) is 18.2 Å². The molecule has 1 heterocycles. The van der Waals surface area contributed by atoms with Crippen LogP contribution < -0.4 is 15.8 Å². The molecule has 0 spiro atoms. The molecule has 0 amide bonds. The molecule has 2 rings (SSSR count). The minimum absolute atomic E-state index is 0.0403. The summed E-state index contributed by atoms with van der Waals surface area (Å²) < 4.78 is 5.31. The van der Waals surface area contributed by atoms with Crippen molar-refractivity contribution in [3.8, 4) is 5.75 Å². The predicted molar refractivity (Wildman–Crippen MR) is 83.7 cm³/mol. The molecule has 0 aliphatic rings. The summed E-state index contributed by atoms with van der Waals surface area (Å²) in [4.78, 5) is 12.4. The second-order valence-electron chi connectivity index (χ2n) is 4.32. The van der Waals surface area contributed by atoms with Crippen LogP contribution in [0.15, 0.2) is 30.3 Å². The molecule has 20 heavy (non-hydrogen) atoms. The van der Waals surface area contributed by atoms with E-state index in [2.05, 4.69) is 5.32 Å². The second-order valence-corrected chi connectivity index (χ2v) is 5.34. The average molecular weight is 290 g/mol. The fraction of sp³-hybridized carbons (Fsp3) is 0.267. The Hall–Kier alpha value is -2.01. The lowest BCUT2D eigenvalue weighted by Crippen LogP contribution is -2.00. The summed E-state index contributed by atoms with van der Waals surface area (Å²) in [6, 6.07) is 10.0. The molecule has 0 saturated carbocycles. The van der Waals surface area contributed by atoms with Crippen LogP contribution in [0.2, 0.25) is 0 Å². The average Bonchev–Trinajstić information content (AvgIpc) is 2.81. The molecule has 5 heteroatoms. The molecule has 3 N–H and O–H groups in total. The monoisotopic (exact) mass is 290 g/mol. The van der Waals surface area contributed by atoms with E-state index >= 15 is 0 Å². The molecule has 2 aromatic rings. The van der Waals surface area contributed by atoms with Gasteiger partial charge in [0, 0.05) is 13.0 Å². The number of hydrogen-bond donors (Lipinski definition) is 2. The van der Waals surface area contributed by atoms with Gasteiger partial charge in [0.05, 0.1) is 17.7 Å². The van der Waals surface area contributed by atoms with E-state index in [1.54, 1.807) is 7.11 Å². The molecule has 0 fully saturated rings. The Labute approximate surface area is 122 Å². The number of ether oxygens (including phenoxy) is 1. The normalized spacial score (nSPS) is 10.3. The van der Waals surface area contributed by atoms with Crippen LogP contribution in [0, 0.1) is 0 Å². The van der Waals surface area contributed by atoms with Crippen LogP contribution in [0.3, 0.4) is 0 Å². The fourth-order valence-corrected chi connectivity index (χ4v) is 2.99. The van der Waals surface area contributed by atoms with Gasteiger partial charge in [-0.2, -0.15) is 0 Å². The molecule has 1 aromatic heterocycles. The number of carbonyl (C=O) groups is 1. The number of rotatable bonds is 6. The number of methoxy groups -OCH3 is 1. The summed E-state index contributed by atoms with van der Waals surface area (Å²) in [5, 5.41) is 4.08. The summed E-state index contributed by atoms with van der Waals surface area (Å²) in [6.07, 6.45) is 0.437. The number of hydrogen-bond acceptors (Lipinski definition) is 5. The second kappa shape index (κ2) is 6.43. The van der Waals surface area contributed by atoms with Gasteiger partial charge >= 0.3 is 0 Å². The van der Waals surface area contributed by atoms with Crippen LogP contribution >= 0.6 is 11.3 Å². The predicted octanol–water partition coefficient (Wildman–Crippen LogP) is 3.54. The largest absolute Gasteiger partial charge is 0.492 e. The van der Waals surface area contributed by atoms with Crippen molar-refractivity contribution in [1.29, 1.82) is 0 Å². The van der Waals surface area contributed by atoms with E-state index in [0.29, 0.717) is 29.3 Å². The Morgan fingerprint density at radius 3 is 2.65 bits per heavy atom. The van der Waals surface area contributed by atoms with Crippen molar-refractivity contribution >= 4 is 27.8 Å². The maximum absolute atomic E-state index is 11.8. The summed E-state index contributed by atoms with van der Waals surface area (Å²) in [7, 11) is 1.56. The lowest BCUT2D eigenvalue weighted by atomic mass is 10.2. The number of ketones is 1. The number of Topliss-reactive ketones (excluding diaryl/α,β-unsaturated/α-hetero) is 1. The number of nitrogens with two attached hydrogens (primary N) is 1. The van der Waals surface area contributed by atoms with Crippen molar-refractivity contribution in [3.63, 3.8) is 0 Å². The molecule has 0 atom stereocenters. The Kier molecular flexibility index (Phi) is 4.63. The first-order chi connectivity index (χ1) is 9.67. The van der Waals surface area contributed by atoms with Gasteiger partial charge in [0.15, 0.2) is 11.5 Å². The summed E-state index contributed by atoms with van der Waals surface area (Å²) in [5.74, 6) is 0.598. The van der Waals surface area contributed by atoms with Gasteiger partial charge < -0.3 is 15.8 Å². The highest BCUT2D eigenvalue weighted by Gasteiger charge is 2.20. The van der Waals surface area contributed by atoms with E-state index in [1.807, 2.05) is 37.3 Å². The van der Waals surface area contributed by atoms with Gasteiger partial charge in [-0.25, -0.2) is 0 Å². The smallest absolute Gasteiger partial charge is 0.176 e. The standard InChI is InChI=1S/C15H18N2O2S/c1-3-11(18)14-12(16)13(19-2)15(20-14)17-9-10-7-5-4-6-8-10/h4-8,17H,3,9,16H2,1-2H3. The maximum Gasteiger partial charge on any atom is 0.176 e. The highest BCUT2D eigenvalue weighted by molar-refractivity contribution is 7.19. The van der Waals surface area contributed by atoms with E-state index in [1.165, 1.54) is 11.3 Å². The Bertz CT molecular complexity index is 593. The van der Waals surface area contributed by atoms with Crippen molar-refractivity contribution < 1.29 is 9.53 Å². The van der Waals surface area contributed by atoms with Crippen molar-refractivity contribution in [2.24, 2.45) is 0 Å². The van der Waals surface area contributed by atoms with E-state index in [9.17, 15) is 4.79 Å². The SMILES string of the molecule is CCC(=O)c1sc(NCc2ccccc2)c(OC)c1N. The summed E-state index contributed by atoms with van der Waals surface area (Å²) in [6.45, 7) is 2.49. The Balaban J connectivity index is 2.21. The number of benzene rings is 1. The number of nitrogen functional groups attached to an aromatic ring is 1. The zero-order valence-electron chi connectivity index (χ0n) is 11.6. The maximum atomic E-state index is 11.8. The zero-order chi connectivity index (χ0) is 14.5. The summed E-state index contributed by atoms with van der Waals surface area (Å²) in [5.41, 5.74) is 7.57. The fourth-order valence-electron chi connectivity index (χ4n) is 1.89. The third-order valence-electron chi connectivity index (χ3n) is 2.97. The molecular formula is C15H18N2O2S. The van der Waals surface area contributed by atoms with E-state index < -0.39 is 0 Å². The van der Waals surface area contributed by atoms with Crippen LogP contribution in [0.5, 0.6) is 5.75 Å². The van der Waals surface area contributed by atoms with Crippen LogP contribution in [-0.2, 0) is 6.54 Å². The molecule has 1 aromatic carbocycles. The van der Waals surface area contributed by atoms with Crippen LogP contribution in [0.1, 0.15) is 28.6 Å². The minimum atomic E-state index is 0.0403. The number of anilines is 2. The molecule has 0 unspecified atom stereocenters. The molecule has 4 nitrogen and oxygen atoms in total. The van der Waals surface area contributed by atoms with Gasteiger partial charge in [0.25, 0.3) is 0 Å². The number of nitrogens with one attached hydrogen (secondary N) is 1. The van der Waals surface area contributed by atoms with E-state index in [0.717, 1.165) is 10.6 Å². The zero-order valence-corrected chi connectivity index (χ0v) is 12.4. The van der Waals surface area contributed by atoms with Gasteiger partial charge in [-0.1, -0.05) is 37.3 Å². The third-order valence-corrected chi connectivity index (χ3v) is 4.16. The summed E-state index contributed by atoms with van der Waals surface area (Å²) >= 11 is 1.35. The topological polar surface area (TPSA) is 64.3 Å². The van der Waals surface area contributed by atoms with Crippen LogP contribution in [-0.4, -0.2) is 12.9 Å². The molecule has 0 aliphatic heterocycles. The van der Waals surface area contributed by atoms with Gasteiger partial charge in [-0.15, -0.1) is 11.3 Å². The number of thiophene rings is 1.